The first-order valence-corrected chi connectivity index (χ1v) is 5.80. The van der Waals surface area contributed by atoms with Crippen LogP contribution in [0.15, 0.2) is 5.16 Å². The minimum absolute atomic E-state index is 0.0448. The minimum atomic E-state index is -0.570. The van der Waals surface area contributed by atoms with E-state index in [1.807, 2.05) is 0 Å². The number of nitrogens with two attached hydrogens (primary N) is 1. The van der Waals surface area contributed by atoms with Crippen molar-refractivity contribution in [2.45, 2.75) is 39.5 Å². The molecule has 1 saturated carbocycles. The zero-order valence-electron chi connectivity index (χ0n) is 9.99. The predicted octanol–water partition coefficient (Wildman–Crippen LogP) is 1.07. The molecule has 1 fully saturated rings. The summed E-state index contributed by atoms with van der Waals surface area (Å²) in [6, 6.07) is 0. The van der Waals surface area contributed by atoms with Crippen LogP contribution in [0.25, 0.3) is 0 Å². The molecule has 16 heavy (non-hydrogen) atoms. The third-order valence-electron chi connectivity index (χ3n) is 3.75. The maximum absolute atomic E-state index is 11.7. The van der Waals surface area contributed by atoms with Crippen molar-refractivity contribution < 1.29 is 10.0 Å². The Morgan fingerprint density at radius 1 is 1.62 bits per heavy atom. The number of hydrogen-bond donors (Lipinski definition) is 3. The van der Waals surface area contributed by atoms with Gasteiger partial charge in [-0.25, -0.2) is 0 Å². The quantitative estimate of drug-likeness (QED) is 0.284. The van der Waals surface area contributed by atoms with Crippen molar-refractivity contribution in [3.63, 3.8) is 0 Å². The summed E-state index contributed by atoms with van der Waals surface area (Å²) in [5, 5.41) is 14.2. The Morgan fingerprint density at radius 2 is 2.25 bits per heavy atom. The van der Waals surface area contributed by atoms with Crippen molar-refractivity contribution in [2.24, 2.45) is 22.2 Å². The van der Waals surface area contributed by atoms with Crippen LogP contribution in [0.5, 0.6) is 0 Å². The lowest BCUT2D eigenvalue weighted by Crippen LogP contribution is -2.45. The summed E-state index contributed by atoms with van der Waals surface area (Å²) in [6.07, 6.45) is 4.70. The van der Waals surface area contributed by atoms with Gasteiger partial charge in [-0.05, 0) is 31.6 Å². The van der Waals surface area contributed by atoms with Crippen molar-refractivity contribution in [1.29, 1.82) is 0 Å². The number of nitrogens with zero attached hydrogens (tertiary/aromatic N) is 1. The van der Waals surface area contributed by atoms with E-state index in [4.69, 9.17) is 10.9 Å². The number of carbonyl (C=O) groups is 1. The number of hydrogen-bond acceptors (Lipinski definition) is 3. The van der Waals surface area contributed by atoms with Gasteiger partial charge in [0.1, 0.15) is 0 Å². The first kappa shape index (κ1) is 12.8. The van der Waals surface area contributed by atoms with Gasteiger partial charge in [-0.3, -0.25) is 4.79 Å². The Hall–Kier alpha value is -1.26. The molecule has 0 spiro atoms. The molecule has 1 amide bonds. The van der Waals surface area contributed by atoms with Gasteiger partial charge in [0, 0.05) is 6.54 Å². The van der Waals surface area contributed by atoms with Crippen LogP contribution in [0.4, 0.5) is 0 Å². The maximum Gasteiger partial charge on any atom is 0.230 e. The number of carbonyl (C=O) groups excluding carboxylic acids is 1. The topological polar surface area (TPSA) is 87.7 Å². The normalized spacial score (nSPS) is 21.0. The van der Waals surface area contributed by atoms with E-state index in [2.05, 4.69) is 17.4 Å². The summed E-state index contributed by atoms with van der Waals surface area (Å²) in [4.78, 5) is 11.7. The molecule has 1 atom stereocenters. The highest BCUT2D eigenvalue weighted by molar-refractivity contribution is 6.01. The SMILES string of the molecule is CCC1(CNC(=O)C(C)C(N)=NO)CCC1. The molecule has 0 aliphatic heterocycles. The van der Waals surface area contributed by atoms with E-state index in [0.717, 1.165) is 6.42 Å². The molecule has 0 aromatic carbocycles. The summed E-state index contributed by atoms with van der Waals surface area (Å²) in [5.41, 5.74) is 5.67. The average Bonchev–Trinajstić information content (AvgIpc) is 2.25. The van der Waals surface area contributed by atoms with E-state index in [9.17, 15) is 4.79 Å². The molecule has 1 aliphatic carbocycles. The summed E-state index contributed by atoms with van der Waals surface area (Å²) >= 11 is 0. The number of nitrogens with one attached hydrogen (secondary N) is 1. The van der Waals surface area contributed by atoms with Gasteiger partial charge in [-0.1, -0.05) is 18.5 Å². The van der Waals surface area contributed by atoms with E-state index in [1.165, 1.54) is 19.3 Å². The molecule has 1 rings (SSSR count). The first-order valence-electron chi connectivity index (χ1n) is 5.80. The van der Waals surface area contributed by atoms with Crippen molar-refractivity contribution in [3.05, 3.63) is 0 Å². The predicted molar refractivity (Wildman–Crippen MR) is 62.2 cm³/mol. The molecular weight excluding hydrogens is 206 g/mol. The average molecular weight is 227 g/mol. The Kier molecular flexibility index (Phi) is 4.15. The minimum Gasteiger partial charge on any atom is -0.409 e. The Balaban J connectivity index is 2.40. The lowest BCUT2D eigenvalue weighted by molar-refractivity contribution is -0.123. The lowest BCUT2D eigenvalue weighted by Gasteiger charge is -2.41. The van der Waals surface area contributed by atoms with Gasteiger partial charge in [-0.2, -0.15) is 0 Å². The zero-order chi connectivity index (χ0) is 12.2. The van der Waals surface area contributed by atoms with Crippen LogP contribution in [0, 0.1) is 11.3 Å². The van der Waals surface area contributed by atoms with E-state index < -0.39 is 5.92 Å². The molecule has 0 heterocycles. The summed E-state index contributed by atoms with van der Waals surface area (Å²) in [7, 11) is 0. The fraction of sp³-hybridized carbons (Fsp3) is 0.818. The van der Waals surface area contributed by atoms with Crippen LogP contribution in [-0.4, -0.2) is 23.5 Å². The fourth-order valence-corrected chi connectivity index (χ4v) is 1.98. The number of amidine groups is 1. The first-order chi connectivity index (χ1) is 7.54. The second kappa shape index (κ2) is 5.18. The van der Waals surface area contributed by atoms with Gasteiger partial charge in [0.2, 0.25) is 5.91 Å². The Labute approximate surface area is 96.1 Å². The smallest absolute Gasteiger partial charge is 0.230 e. The molecule has 5 heteroatoms. The van der Waals surface area contributed by atoms with Crippen molar-refractivity contribution in [2.75, 3.05) is 6.54 Å². The highest BCUT2D eigenvalue weighted by atomic mass is 16.4. The van der Waals surface area contributed by atoms with Crippen LogP contribution in [0.3, 0.4) is 0 Å². The Morgan fingerprint density at radius 3 is 2.62 bits per heavy atom. The number of oxime groups is 1. The zero-order valence-corrected chi connectivity index (χ0v) is 9.99. The number of rotatable bonds is 5. The van der Waals surface area contributed by atoms with Crippen LogP contribution < -0.4 is 11.1 Å². The number of amides is 1. The molecule has 0 aromatic rings. The highest BCUT2D eigenvalue weighted by Gasteiger charge is 2.35. The maximum atomic E-state index is 11.7. The summed E-state index contributed by atoms with van der Waals surface area (Å²) in [6.45, 7) is 4.48. The summed E-state index contributed by atoms with van der Waals surface area (Å²) < 4.78 is 0. The van der Waals surface area contributed by atoms with E-state index in [1.54, 1.807) is 6.92 Å². The second-order valence-electron chi connectivity index (χ2n) is 4.67. The van der Waals surface area contributed by atoms with Gasteiger partial charge >= 0.3 is 0 Å². The third kappa shape index (κ3) is 2.65. The molecule has 1 unspecified atom stereocenters. The monoisotopic (exact) mass is 227 g/mol. The molecule has 0 aromatic heterocycles. The van der Waals surface area contributed by atoms with Crippen molar-refractivity contribution in [1.82, 2.24) is 5.32 Å². The lowest BCUT2D eigenvalue weighted by atomic mass is 9.67. The van der Waals surface area contributed by atoms with Crippen LogP contribution in [0.1, 0.15) is 39.5 Å². The van der Waals surface area contributed by atoms with Crippen molar-refractivity contribution >= 4 is 11.7 Å². The molecule has 0 saturated heterocycles. The highest BCUT2D eigenvalue weighted by Crippen LogP contribution is 2.43. The summed E-state index contributed by atoms with van der Waals surface area (Å²) in [5.74, 6) is -0.786. The molecule has 0 bridgehead atoms. The van der Waals surface area contributed by atoms with E-state index >= 15 is 0 Å². The standard InChI is InChI=1S/C11H21N3O2/c1-3-11(5-4-6-11)7-13-10(15)8(2)9(12)14-16/h8,16H,3-7H2,1-2H3,(H2,12,14)(H,13,15). The van der Waals surface area contributed by atoms with Gasteiger partial charge < -0.3 is 16.3 Å². The van der Waals surface area contributed by atoms with Crippen LogP contribution in [-0.2, 0) is 4.79 Å². The molecule has 92 valence electrons. The van der Waals surface area contributed by atoms with Gasteiger partial charge in [-0.15, -0.1) is 0 Å². The van der Waals surface area contributed by atoms with Crippen molar-refractivity contribution in [3.8, 4) is 0 Å². The van der Waals surface area contributed by atoms with Gasteiger partial charge in [0.05, 0.1) is 5.92 Å². The van der Waals surface area contributed by atoms with Gasteiger partial charge in [0.15, 0.2) is 5.84 Å². The molecule has 0 radical (unpaired) electrons. The van der Waals surface area contributed by atoms with E-state index in [-0.39, 0.29) is 11.7 Å². The third-order valence-corrected chi connectivity index (χ3v) is 3.75. The van der Waals surface area contributed by atoms with Crippen LogP contribution >= 0.6 is 0 Å². The fourth-order valence-electron chi connectivity index (χ4n) is 1.98. The van der Waals surface area contributed by atoms with Crippen LogP contribution in [0.2, 0.25) is 0 Å². The Bertz CT molecular complexity index is 279. The molecule has 5 nitrogen and oxygen atoms in total. The largest absolute Gasteiger partial charge is 0.409 e. The molecule has 1 aliphatic rings. The second-order valence-corrected chi connectivity index (χ2v) is 4.67. The molecular formula is C11H21N3O2. The molecule has 4 N–H and O–H groups in total. The van der Waals surface area contributed by atoms with Gasteiger partial charge in [0.25, 0.3) is 0 Å². The van der Waals surface area contributed by atoms with E-state index in [0.29, 0.717) is 12.0 Å².